The van der Waals surface area contributed by atoms with Crippen molar-refractivity contribution in [2.24, 2.45) is 0 Å². The molecule has 8 aromatic rings. The van der Waals surface area contributed by atoms with Gasteiger partial charge in [0.1, 0.15) is 0 Å². The molecule has 66 heavy (non-hydrogen) atoms. The van der Waals surface area contributed by atoms with Crippen molar-refractivity contribution in [2.75, 3.05) is 0 Å². The molecule has 0 spiro atoms. The summed E-state index contributed by atoms with van der Waals surface area (Å²) in [6, 6.07) is 29.3. The maximum absolute atomic E-state index is 2.59. The fourth-order valence-corrected chi connectivity index (χ4v) is 18.6. The van der Waals surface area contributed by atoms with Crippen molar-refractivity contribution in [3.8, 4) is 68.3 Å². The number of unbranched alkanes of at least 4 members (excludes halogenated alkanes) is 12. The van der Waals surface area contributed by atoms with Gasteiger partial charge < -0.3 is 0 Å². The van der Waals surface area contributed by atoms with Crippen LogP contribution in [0.2, 0.25) is 0 Å². The van der Waals surface area contributed by atoms with Crippen molar-refractivity contribution in [1.82, 2.24) is 0 Å². The maximum Gasteiger partial charge on any atom is 0.0481 e. The van der Waals surface area contributed by atoms with Crippen LogP contribution in [0.5, 0.6) is 0 Å². The second-order valence-corrected chi connectivity index (χ2v) is 27.2. The number of thiophene rings is 8. The highest BCUT2D eigenvalue weighted by molar-refractivity contribution is 7.31. The molecule has 0 atom stereocenters. The molecule has 0 bridgehead atoms. The second-order valence-electron chi connectivity index (χ2n) is 18.3. The second kappa shape index (κ2) is 24.9. The van der Waals surface area contributed by atoms with E-state index in [1.54, 1.807) is 22.3 Å². The third-order valence-corrected chi connectivity index (χ3v) is 22.9. The fraction of sp³-hybridized carbons (Fsp3) is 0.448. The van der Waals surface area contributed by atoms with Crippen molar-refractivity contribution in [1.29, 1.82) is 0 Å². The molecule has 0 radical (unpaired) electrons. The monoisotopic (exact) mass is 1020 g/mol. The molecule has 0 nitrogen and oxygen atoms in total. The zero-order chi connectivity index (χ0) is 45.8. The summed E-state index contributed by atoms with van der Waals surface area (Å²) in [6.45, 7) is 13.8. The summed E-state index contributed by atoms with van der Waals surface area (Å²) in [6.07, 6.45) is 25.6. The Balaban J connectivity index is 1.06. The number of rotatable bonds is 27. The smallest absolute Gasteiger partial charge is 0.0481 e. The van der Waals surface area contributed by atoms with Gasteiger partial charge in [0, 0.05) is 78.0 Å². The number of hydrogen-bond donors (Lipinski definition) is 0. The molecule has 0 fully saturated rings. The van der Waals surface area contributed by atoms with E-state index in [-0.39, 0.29) is 0 Å². The van der Waals surface area contributed by atoms with Gasteiger partial charge in [0.2, 0.25) is 0 Å². The van der Waals surface area contributed by atoms with Gasteiger partial charge in [-0.05, 0) is 160 Å². The van der Waals surface area contributed by atoms with Crippen LogP contribution in [0.4, 0.5) is 0 Å². The van der Waals surface area contributed by atoms with Crippen molar-refractivity contribution in [3.63, 3.8) is 0 Å². The van der Waals surface area contributed by atoms with Crippen LogP contribution in [0.3, 0.4) is 0 Å². The summed E-state index contributed by atoms with van der Waals surface area (Å²) in [5, 5.41) is 0. The Morgan fingerprint density at radius 3 is 0.803 bits per heavy atom. The van der Waals surface area contributed by atoms with Gasteiger partial charge >= 0.3 is 0 Å². The van der Waals surface area contributed by atoms with Crippen LogP contribution in [-0.2, 0) is 25.7 Å². The van der Waals surface area contributed by atoms with E-state index in [0.29, 0.717) is 0 Å². The first-order valence-electron chi connectivity index (χ1n) is 25.2. The highest BCUT2D eigenvalue weighted by atomic mass is 32.1. The molecule has 0 amide bonds. The Hall–Kier alpha value is -2.40. The third-order valence-electron chi connectivity index (χ3n) is 12.7. The minimum absolute atomic E-state index is 1.16. The Morgan fingerprint density at radius 1 is 0.258 bits per heavy atom. The van der Waals surface area contributed by atoms with Crippen molar-refractivity contribution < 1.29 is 0 Å². The molecule has 350 valence electrons. The third kappa shape index (κ3) is 12.7. The van der Waals surface area contributed by atoms with Gasteiger partial charge in [0.15, 0.2) is 0 Å². The molecular weight excluding hydrogens is 953 g/mol. The molecule has 0 aliphatic heterocycles. The van der Waals surface area contributed by atoms with E-state index in [0.717, 1.165) is 12.8 Å². The summed E-state index contributed by atoms with van der Waals surface area (Å²) >= 11 is 16.1. The SMILES string of the molecule is CCCCCCc1cc(C)sc1-c1ccc(-c2ccc(-c3sc(-c4cc(CCCCCC)c(-c5ccc(-c6ccc(-c7sc(C)cc7CCCCCC)s6)s5)s4)cc3CCCCCC)s2)s1. The zero-order valence-corrected chi connectivity index (χ0v) is 46.9. The lowest BCUT2D eigenvalue weighted by Crippen LogP contribution is -1.85. The lowest BCUT2D eigenvalue weighted by Gasteiger charge is -2.02. The van der Waals surface area contributed by atoms with Gasteiger partial charge in [0.25, 0.3) is 0 Å². The van der Waals surface area contributed by atoms with Crippen molar-refractivity contribution in [3.05, 3.63) is 105 Å². The predicted octanol–water partition coefficient (Wildman–Crippen LogP) is 23.0. The van der Waals surface area contributed by atoms with E-state index < -0.39 is 0 Å². The molecule has 0 saturated heterocycles. The molecule has 8 heteroatoms. The van der Waals surface area contributed by atoms with E-state index in [4.69, 9.17) is 0 Å². The molecule has 8 rings (SSSR count). The molecule has 0 aliphatic carbocycles. The van der Waals surface area contributed by atoms with E-state index in [9.17, 15) is 0 Å². The van der Waals surface area contributed by atoms with Crippen LogP contribution in [-0.4, -0.2) is 0 Å². The summed E-state index contributed by atoms with van der Waals surface area (Å²) in [7, 11) is 0. The van der Waals surface area contributed by atoms with Gasteiger partial charge in [-0.15, -0.1) is 90.7 Å². The van der Waals surface area contributed by atoms with E-state index in [1.807, 2.05) is 90.7 Å². The maximum atomic E-state index is 2.59. The topological polar surface area (TPSA) is 0 Å². The van der Waals surface area contributed by atoms with Gasteiger partial charge in [-0.2, -0.15) is 0 Å². The summed E-state index contributed by atoms with van der Waals surface area (Å²) < 4.78 is 0. The first kappa shape index (κ1) is 50.0. The normalized spacial score (nSPS) is 11.8. The molecule has 8 aromatic heterocycles. The molecule has 0 saturated carbocycles. The summed E-state index contributed by atoms with van der Waals surface area (Å²) in [4.78, 5) is 23.1. The van der Waals surface area contributed by atoms with Gasteiger partial charge in [-0.3, -0.25) is 0 Å². The Bertz CT molecular complexity index is 2520. The largest absolute Gasteiger partial charge is 0.139 e. The lowest BCUT2D eigenvalue weighted by atomic mass is 10.0. The lowest BCUT2D eigenvalue weighted by molar-refractivity contribution is 0.668. The standard InChI is InChI=1S/C58H70S8/c1-7-11-15-19-23-41-35-39(5)59-55(41)49-31-27-45(61-49)47-29-33-51(63-47)57-43(25-21-17-13-9-3)37-53(65-57)54-38-44(26-22-18-14-10-4)58(66-54)52-34-30-48(64-52)46-28-32-50(62-46)56-42(36-40(6)60-56)24-20-16-12-8-2/h27-38H,7-26H2,1-6H3. The molecule has 0 unspecified atom stereocenters. The first-order valence-corrected chi connectivity index (χ1v) is 31.7. The van der Waals surface area contributed by atoms with E-state index in [1.165, 1.54) is 194 Å². The van der Waals surface area contributed by atoms with Gasteiger partial charge in [-0.1, -0.05) is 105 Å². The summed E-state index contributed by atoms with van der Waals surface area (Å²) in [5.74, 6) is 0. The Morgan fingerprint density at radius 2 is 0.515 bits per heavy atom. The Kier molecular flexibility index (Phi) is 18.9. The van der Waals surface area contributed by atoms with Crippen LogP contribution in [0.1, 0.15) is 162 Å². The average Bonchev–Trinajstić information content (AvgIpc) is 4.16. The molecule has 8 heterocycles. The number of hydrogen-bond acceptors (Lipinski definition) is 8. The number of aryl methyl sites for hydroxylation is 6. The van der Waals surface area contributed by atoms with Crippen LogP contribution < -0.4 is 0 Å². The first-order chi connectivity index (χ1) is 32.3. The minimum Gasteiger partial charge on any atom is -0.139 e. The van der Waals surface area contributed by atoms with E-state index in [2.05, 4.69) is 114 Å². The molecule has 0 aromatic carbocycles. The predicted molar refractivity (Wildman–Crippen MR) is 308 cm³/mol. The Labute approximate surface area is 429 Å². The molecule has 0 aliphatic rings. The van der Waals surface area contributed by atoms with E-state index >= 15 is 0 Å². The summed E-state index contributed by atoms with van der Waals surface area (Å²) in [5.41, 5.74) is 6.20. The van der Waals surface area contributed by atoms with Crippen molar-refractivity contribution >= 4 is 90.7 Å². The van der Waals surface area contributed by atoms with Crippen LogP contribution >= 0.6 is 90.7 Å². The van der Waals surface area contributed by atoms with Crippen LogP contribution in [0, 0.1) is 13.8 Å². The van der Waals surface area contributed by atoms with Gasteiger partial charge in [0.05, 0.1) is 0 Å². The zero-order valence-electron chi connectivity index (χ0n) is 40.3. The quantitative estimate of drug-likeness (QED) is 0.0450. The molecular formula is C58H70S8. The highest BCUT2D eigenvalue weighted by Crippen LogP contribution is 2.51. The minimum atomic E-state index is 1.16. The fourth-order valence-electron chi connectivity index (χ4n) is 9.15. The van der Waals surface area contributed by atoms with Gasteiger partial charge in [-0.25, -0.2) is 0 Å². The van der Waals surface area contributed by atoms with Crippen LogP contribution in [0.25, 0.3) is 68.3 Å². The molecule has 0 N–H and O–H groups in total. The van der Waals surface area contributed by atoms with Crippen LogP contribution in [0.15, 0.2) is 72.8 Å². The highest BCUT2D eigenvalue weighted by Gasteiger charge is 2.21. The average molecular weight is 1020 g/mol. The van der Waals surface area contributed by atoms with Crippen molar-refractivity contribution in [2.45, 2.75) is 170 Å².